The van der Waals surface area contributed by atoms with Gasteiger partial charge in [0.05, 0.1) is 29.7 Å². The Labute approximate surface area is 222 Å². The lowest BCUT2D eigenvalue weighted by atomic mass is 9.91. The molecule has 3 aromatic carbocycles. The molecule has 7 heteroatoms. The van der Waals surface area contributed by atoms with Crippen LogP contribution in [0.4, 0.5) is 4.79 Å². The average molecular weight is 509 g/mol. The average Bonchev–Trinajstić information content (AvgIpc) is 3.49. The van der Waals surface area contributed by atoms with Gasteiger partial charge in [-0.1, -0.05) is 67.9 Å². The number of para-hydroxylation sites is 1. The van der Waals surface area contributed by atoms with E-state index in [1.807, 2.05) is 52.0 Å². The molecule has 6 rings (SSSR count). The van der Waals surface area contributed by atoms with Gasteiger partial charge < -0.3 is 9.64 Å². The molecule has 2 aliphatic heterocycles. The van der Waals surface area contributed by atoms with Gasteiger partial charge in [0.2, 0.25) is 0 Å². The molecule has 0 bridgehead atoms. The van der Waals surface area contributed by atoms with E-state index in [1.54, 1.807) is 11.1 Å². The van der Waals surface area contributed by atoms with E-state index in [2.05, 4.69) is 42.4 Å². The number of amides is 2. The highest BCUT2D eigenvalue weighted by Gasteiger charge is 2.47. The fourth-order valence-corrected chi connectivity index (χ4v) is 5.74. The first kappa shape index (κ1) is 24.2. The Bertz CT molecular complexity index is 1470. The molecule has 2 fully saturated rings. The van der Waals surface area contributed by atoms with Crippen molar-refractivity contribution in [1.29, 1.82) is 0 Å². The van der Waals surface area contributed by atoms with Crippen LogP contribution in [0.3, 0.4) is 0 Å². The van der Waals surface area contributed by atoms with Crippen LogP contribution in [0.25, 0.3) is 16.5 Å². The van der Waals surface area contributed by atoms with Crippen molar-refractivity contribution in [2.45, 2.75) is 44.8 Å². The zero-order valence-corrected chi connectivity index (χ0v) is 21.7. The monoisotopic (exact) mass is 508 g/mol. The van der Waals surface area contributed by atoms with E-state index in [0.29, 0.717) is 44.6 Å². The summed E-state index contributed by atoms with van der Waals surface area (Å²) >= 11 is 0. The fourth-order valence-electron chi connectivity index (χ4n) is 5.74. The Morgan fingerprint density at radius 1 is 0.974 bits per heavy atom. The number of hydrogen-bond acceptors (Lipinski definition) is 4. The van der Waals surface area contributed by atoms with E-state index in [4.69, 9.17) is 4.74 Å². The number of piperidine rings is 1. The topological polar surface area (TPSA) is 67.7 Å². The molecule has 7 nitrogen and oxygen atoms in total. The molecule has 0 atom stereocenters. The minimum Gasteiger partial charge on any atom is -0.441 e. The molecule has 2 saturated heterocycles. The molecule has 38 heavy (non-hydrogen) atoms. The standard InChI is InChI=1S/C31H32N4O3/c1-2-8-28-27(20-32-35(28)26-11-4-3-5-12-26)29(36)33-17-15-31(16-18-33)22-34(30(37)38-31)21-23-13-14-24-9-6-7-10-25(24)19-23/h3-7,9-14,19-20H,2,8,15-18,21-22H2,1H3. The summed E-state index contributed by atoms with van der Waals surface area (Å²) in [6.07, 6.45) is 4.39. The lowest BCUT2D eigenvalue weighted by Crippen LogP contribution is -2.48. The summed E-state index contributed by atoms with van der Waals surface area (Å²) in [6.45, 7) is 4.29. The Kier molecular flexibility index (Phi) is 6.35. The van der Waals surface area contributed by atoms with Crippen LogP contribution < -0.4 is 0 Å². The van der Waals surface area contributed by atoms with Gasteiger partial charge in [-0.15, -0.1) is 0 Å². The maximum absolute atomic E-state index is 13.6. The second kappa shape index (κ2) is 9.97. The largest absolute Gasteiger partial charge is 0.441 e. The number of rotatable bonds is 6. The van der Waals surface area contributed by atoms with E-state index in [1.165, 1.54) is 5.39 Å². The van der Waals surface area contributed by atoms with Crippen molar-refractivity contribution in [3.63, 3.8) is 0 Å². The summed E-state index contributed by atoms with van der Waals surface area (Å²) in [5, 5.41) is 6.91. The molecule has 1 spiro atoms. The number of likely N-dealkylation sites (tertiary alicyclic amines) is 1. The highest BCUT2D eigenvalue weighted by Crippen LogP contribution is 2.35. The van der Waals surface area contributed by atoms with E-state index < -0.39 is 5.60 Å². The molecule has 2 aliphatic rings. The van der Waals surface area contributed by atoms with Crippen molar-refractivity contribution in [2.24, 2.45) is 0 Å². The molecule has 0 saturated carbocycles. The highest BCUT2D eigenvalue weighted by atomic mass is 16.6. The normalized spacial score (nSPS) is 16.8. The first-order valence-electron chi connectivity index (χ1n) is 13.4. The van der Waals surface area contributed by atoms with E-state index in [0.717, 1.165) is 35.2 Å². The molecule has 0 radical (unpaired) electrons. The number of carbonyl (C=O) groups is 2. The number of ether oxygens (including phenoxy) is 1. The number of nitrogens with zero attached hydrogens (tertiary/aromatic N) is 4. The molecule has 0 unspecified atom stereocenters. The van der Waals surface area contributed by atoms with E-state index in [-0.39, 0.29) is 12.0 Å². The summed E-state index contributed by atoms with van der Waals surface area (Å²) in [6, 6.07) is 24.5. The fraction of sp³-hybridized carbons (Fsp3) is 0.323. The van der Waals surface area contributed by atoms with Gasteiger partial charge in [0, 0.05) is 32.5 Å². The number of hydrogen-bond donors (Lipinski definition) is 0. The second-order valence-corrected chi connectivity index (χ2v) is 10.4. The summed E-state index contributed by atoms with van der Waals surface area (Å²) in [5.74, 6) is 0.00262. The Balaban J connectivity index is 1.13. The molecular weight excluding hydrogens is 476 g/mol. The Hall–Kier alpha value is -4.13. The SMILES string of the molecule is CCCc1c(C(=O)N2CCC3(CC2)CN(Cc2ccc4ccccc4c2)C(=O)O3)cnn1-c1ccccc1. The van der Waals surface area contributed by atoms with Crippen LogP contribution in [-0.2, 0) is 17.7 Å². The first-order chi connectivity index (χ1) is 18.5. The molecule has 3 heterocycles. The number of carbonyl (C=O) groups excluding carboxylic acids is 2. The number of fused-ring (bicyclic) bond motifs is 1. The second-order valence-electron chi connectivity index (χ2n) is 10.4. The molecule has 0 N–H and O–H groups in total. The zero-order chi connectivity index (χ0) is 26.1. The van der Waals surface area contributed by atoms with Crippen molar-refractivity contribution in [3.05, 3.63) is 95.8 Å². The van der Waals surface area contributed by atoms with Crippen LogP contribution in [0, 0.1) is 0 Å². The third-order valence-corrected chi connectivity index (χ3v) is 7.78. The number of benzene rings is 3. The molecule has 194 valence electrons. The predicted octanol–water partition coefficient (Wildman–Crippen LogP) is 5.61. The minimum atomic E-state index is -0.537. The predicted molar refractivity (Wildman–Crippen MR) is 146 cm³/mol. The van der Waals surface area contributed by atoms with Gasteiger partial charge >= 0.3 is 6.09 Å². The van der Waals surface area contributed by atoms with Crippen molar-refractivity contribution < 1.29 is 14.3 Å². The summed E-state index contributed by atoms with van der Waals surface area (Å²) < 4.78 is 7.83. The lowest BCUT2D eigenvalue weighted by Gasteiger charge is -2.37. The van der Waals surface area contributed by atoms with Crippen LogP contribution in [0.5, 0.6) is 0 Å². The number of aromatic nitrogens is 2. The summed E-state index contributed by atoms with van der Waals surface area (Å²) in [7, 11) is 0. The van der Waals surface area contributed by atoms with Gasteiger partial charge in [0.25, 0.3) is 5.91 Å². The van der Waals surface area contributed by atoms with Crippen LogP contribution >= 0.6 is 0 Å². The zero-order valence-electron chi connectivity index (χ0n) is 21.7. The van der Waals surface area contributed by atoms with E-state index >= 15 is 0 Å². The van der Waals surface area contributed by atoms with Crippen LogP contribution in [0.1, 0.15) is 47.8 Å². The maximum Gasteiger partial charge on any atom is 0.410 e. The van der Waals surface area contributed by atoms with Gasteiger partial charge in [-0.2, -0.15) is 5.10 Å². The van der Waals surface area contributed by atoms with Gasteiger partial charge in [0.15, 0.2) is 0 Å². The third-order valence-electron chi connectivity index (χ3n) is 7.78. The van der Waals surface area contributed by atoms with E-state index in [9.17, 15) is 9.59 Å². The molecular formula is C31H32N4O3. The molecule has 1 aromatic heterocycles. The molecule has 2 amide bonds. The molecule has 0 aliphatic carbocycles. The van der Waals surface area contributed by atoms with Gasteiger partial charge in [0.1, 0.15) is 5.60 Å². The Morgan fingerprint density at radius 3 is 2.47 bits per heavy atom. The molecule has 4 aromatic rings. The smallest absolute Gasteiger partial charge is 0.410 e. The first-order valence-corrected chi connectivity index (χ1v) is 13.4. The van der Waals surface area contributed by atoms with Gasteiger partial charge in [-0.25, -0.2) is 9.48 Å². The summed E-state index contributed by atoms with van der Waals surface area (Å²) in [5.41, 5.74) is 3.11. The van der Waals surface area contributed by atoms with Gasteiger partial charge in [-0.3, -0.25) is 9.69 Å². The van der Waals surface area contributed by atoms with Crippen LogP contribution in [-0.4, -0.2) is 56.8 Å². The van der Waals surface area contributed by atoms with Crippen molar-refractivity contribution in [3.8, 4) is 5.69 Å². The highest BCUT2D eigenvalue weighted by molar-refractivity contribution is 5.95. The maximum atomic E-state index is 13.6. The third kappa shape index (κ3) is 4.53. The summed E-state index contributed by atoms with van der Waals surface area (Å²) in [4.78, 5) is 30.1. The van der Waals surface area contributed by atoms with Crippen LogP contribution in [0.2, 0.25) is 0 Å². The van der Waals surface area contributed by atoms with Crippen LogP contribution in [0.15, 0.2) is 79.0 Å². The quantitative estimate of drug-likeness (QED) is 0.340. The van der Waals surface area contributed by atoms with Crippen molar-refractivity contribution in [2.75, 3.05) is 19.6 Å². The minimum absolute atomic E-state index is 0.00262. The Morgan fingerprint density at radius 2 is 1.71 bits per heavy atom. The lowest BCUT2D eigenvalue weighted by molar-refractivity contribution is 0.00310. The van der Waals surface area contributed by atoms with Crippen molar-refractivity contribution in [1.82, 2.24) is 19.6 Å². The van der Waals surface area contributed by atoms with Gasteiger partial charge in [-0.05, 0) is 41.0 Å². The van der Waals surface area contributed by atoms with Crippen molar-refractivity contribution >= 4 is 22.8 Å².